The number of nitrogens with zero attached hydrogens (tertiary/aromatic N) is 3. The van der Waals surface area contributed by atoms with Gasteiger partial charge in [-0.05, 0) is 31.5 Å². The lowest BCUT2D eigenvalue weighted by molar-refractivity contribution is 0.0753. The van der Waals surface area contributed by atoms with Crippen LogP contribution in [-0.2, 0) is 6.54 Å². The maximum Gasteiger partial charge on any atom is 0.259 e. The number of carbonyl (C=O) groups is 1. The predicted octanol–water partition coefficient (Wildman–Crippen LogP) is 1.36. The molecule has 100 valence electrons. The summed E-state index contributed by atoms with van der Waals surface area (Å²) in [6, 6.07) is 3.78. The number of rotatable bonds is 4. The molecule has 0 aliphatic carbocycles. The van der Waals surface area contributed by atoms with Crippen molar-refractivity contribution in [3.05, 3.63) is 41.3 Å². The van der Waals surface area contributed by atoms with Gasteiger partial charge in [0.25, 0.3) is 5.91 Å². The third-order valence-electron chi connectivity index (χ3n) is 2.98. The summed E-state index contributed by atoms with van der Waals surface area (Å²) in [6.07, 6.45) is 3.43. The van der Waals surface area contributed by atoms with Gasteiger partial charge in [0, 0.05) is 31.2 Å². The van der Waals surface area contributed by atoms with Gasteiger partial charge in [0.05, 0.1) is 0 Å². The van der Waals surface area contributed by atoms with Crippen LogP contribution >= 0.6 is 0 Å². The summed E-state index contributed by atoms with van der Waals surface area (Å²) in [7, 11) is 0. The zero-order valence-electron chi connectivity index (χ0n) is 11.1. The summed E-state index contributed by atoms with van der Waals surface area (Å²) < 4.78 is 0. The van der Waals surface area contributed by atoms with E-state index in [4.69, 9.17) is 5.73 Å². The van der Waals surface area contributed by atoms with Crippen molar-refractivity contribution in [3.63, 3.8) is 0 Å². The first-order valence-corrected chi connectivity index (χ1v) is 6.12. The summed E-state index contributed by atoms with van der Waals surface area (Å²) >= 11 is 0. The molecule has 0 aromatic carbocycles. The number of anilines is 1. The summed E-state index contributed by atoms with van der Waals surface area (Å²) in [4.78, 5) is 18.1. The van der Waals surface area contributed by atoms with E-state index in [0.717, 1.165) is 5.56 Å². The molecule has 0 unspecified atom stereocenters. The summed E-state index contributed by atoms with van der Waals surface area (Å²) in [5.41, 5.74) is 7.91. The predicted molar refractivity (Wildman–Crippen MR) is 72.4 cm³/mol. The Hall–Kier alpha value is -2.37. The van der Waals surface area contributed by atoms with Crippen molar-refractivity contribution >= 4 is 11.7 Å². The normalized spacial score (nSPS) is 10.4. The molecule has 0 spiro atoms. The largest absolute Gasteiger partial charge is 0.382 e. The van der Waals surface area contributed by atoms with E-state index in [0.29, 0.717) is 24.3 Å². The lowest BCUT2D eigenvalue weighted by Crippen LogP contribution is -2.31. The molecule has 6 heteroatoms. The zero-order chi connectivity index (χ0) is 13.8. The van der Waals surface area contributed by atoms with E-state index in [1.54, 1.807) is 24.2 Å². The number of nitrogens with two attached hydrogens (primary N) is 1. The van der Waals surface area contributed by atoms with Gasteiger partial charge >= 0.3 is 0 Å². The Bertz CT molecular complexity index is 544. The van der Waals surface area contributed by atoms with E-state index in [9.17, 15) is 4.79 Å². The Labute approximate surface area is 111 Å². The molecule has 0 saturated carbocycles. The monoisotopic (exact) mass is 259 g/mol. The van der Waals surface area contributed by atoms with Gasteiger partial charge in [0.15, 0.2) is 5.82 Å². The van der Waals surface area contributed by atoms with Crippen molar-refractivity contribution in [1.29, 1.82) is 0 Å². The number of nitrogens with one attached hydrogen (secondary N) is 1. The number of nitrogen functional groups attached to an aromatic ring is 1. The van der Waals surface area contributed by atoms with Crippen LogP contribution in [0.15, 0.2) is 24.5 Å². The van der Waals surface area contributed by atoms with Gasteiger partial charge in [-0.3, -0.25) is 14.9 Å². The zero-order valence-corrected chi connectivity index (χ0v) is 11.1. The highest BCUT2D eigenvalue weighted by Gasteiger charge is 2.21. The second kappa shape index (κ2) is 5.51. The first kappa shape index (κ1) is 13.1. The number of aryl methyl sites for hydroxylation is 1. The standard InChI is InChI=1S/C13H17N5O/c1-3-18(8-10-4-6-15-7-5-10)13(19)11-9(2)16-17-12(11)14/h4-7H,3,8H2,1-2H3,(H3,14,16,17). The Balaban J connectivity index is 2.21. The molecule has 2 heterocycles. The molecular weight excluding hydrogens is 242 g/mol. The molecule has 2 rings (SSSR count). The number of hydrogen-bond donors (Lipinski definition) is 2. The Morgan fingerprint density at radius 2 is 2.11 bits per heavy atom. The van der Waals surface area contributed by atoms with Crippen LogP contribution in [0.3, 0.4) is 0 Å². The Kier molecular flexibility index (Phi) is 3.79. The van der Waals surface area contributed by atoms with Crippen molar-refractivity contribution in [2.45, 2.75) is 20.4 Å². The van der Waals surface area contributed by atoms with Gasteiger partial charge < -0.3 is 10.6 Å². The van der Waals surface area contributed by atoms with Crippen LogP contribution in [0.1, 0.15) is 28.5 Å². The fraction of sp³-hybridized carbons (Fsp3) is 0.308. The molecule has 0 aliphatic heterocycles. The van der Waals surface area contributed by atoms with Gasteiger partial charge in [0.2, 0.25) is 0 Å². The smallest absolute Gasteiger partial charge is 0.259 e. The van der Waals surface area contributed by atoms with Crippen LogP contribution < -0.4 is 5.73 Å². The highest BCUT2D eigenvalue weighted by atomic mass is 16.2. The number of H-pyrrole nitrogens is 1. The molecule has 0 saturated heterocycles. The van der Waals surface area contributed by atoms with Crippen molar-refractivity contribution in [2.24, 2.45) is 0 Å². The molecular formula is C13H17N5O. The minimum absolute atomic E-state index is 0.108. The van der Waals surface area contributed by atoms with Crippen LogP contribution in [0, 0.1) is 6.92 Å². The Morgan fingerprint density at radius 1 is 1.42 bits per heavy atom. The third kappa shape index (κ3) is 2.73. The van der Waals surface area contributed by atoms with Gasteiger partial charge in [-0.2, -0.15) is 5.10 Å². The van der Waals surface area contributed by atoms with Crippen molar-refractivity contribution in [2.75, 3.05) is 12.3 Å². The number of hydrogen-bond acceptors (Lipinski definition) is 4. The molecule has 2 aromatic rings. The van der Waals surface area contributed by atoms with Crippen molar-refractivity contribution < 1.29 is 4.79 Å². The fourth-order valence-electron chi connectivity index (χ4n) is 1.91. The molecule has 6 nitrogen and oxygen atoms in total. The molecule has 3 N–H and O–H groups in total. The van der Waals surface area contributed by atoms with E-state index >= 15 is 0 Å². The third-order valence-corrected chi connectivity index (χ3v) is 2.98. The van der Waals surface area contributed by atoms with Crippen molar-refractivity contribution in [1.82, 2.24) is 20.1 Å². The molecule has 1 amide bonds. The molecule has 0 bridgehead atoms. The quantitative estimate of drug-likeness (QED) is 0.867. The van der Waals surface area contributed by atoms with E-state index in [1.165, 1.54) is 0 Å². The van der Waals surface area contributed by atoms with Crippen LogP contribution in [0.2, 0.25) is 0 Å². The van der Waals surface area contributed by atoms with E-state index < -0.39 is 0 Å². The lowest BCUT2D eigenvalue weighted by Gasteiger charge is -2.21. The highest BCUT2D eigenvalue weighted by Crippen LogP contribution is 2.16. The number of carbonyl (C=O) groups excluding carboxylic acids is 1. The van der Waals surface area contributed by atoms with Gasteiger partial charge in [-0.15, -0.1) is 0 Å². The Morgan fingerprint density at radius 3 is 2.63 bits per heavy atom. The first-order chi connectivity index (χ1) is 9.13. The van der Waals surface area contributed by atoms with Crippen LogP contribution in [0.25, 0.3) is 0 Å². The van der Waals surface area contributed by atoms with E-state index in [-0.39, 0.29) is 11.7 Å². The maximum atomic E-state index is 12.5. The molecule has 0 aliphatic rings. The minimum Gasteiger partial charge on any atom is -0.382 e. The number of pyridine rings is 1. The van der Waals surface area contributed by atoms with E-state index in [1.807, 2.05) is 19.1 Å². The van der Waals surface area contributed by atoms with Gasteiger partial charge in [-0.1, -0.05) is 0 Å². The second-order valence-electron chi connectivity index (χ2n) is 4.28. The van der Waals surface area contributed by atoms with Gasteiger partial charge in [-0.25, -0.2) is 0 Å². The fourth-order valence-corrected chi connectivity index (χ4v) is 1.91. The number of aromatic amines is 1. The highest BCUT2D eigenvalue weighted by molar-refractivity contribution is 5.99. The lowest BCUT2D eigenvalue weighted by atomic mass is 10.2. The summed E-state index contributed by atoms with van der Waals surface area (Å²) in [5.74, 6) is 0.138. The molecule has 2 aromatic heterocycles. The van der Waals surface area contributed by atoms with Crippen molar-refractivity contribution in [3.8, 4) is 0 Å². The average molecular weight is 259 g/mol. The van der Waals surface area contributed by atoms with Crippen LogP contribution in [0.5, 0.6) is 0 Å². The van der Waals surface area contributed by atoms with Crippen LogP contribution in [-0.4, -0.2) is 32.5 Å². The molecule has 19 heavy (non-hydrogen) atoms. The number of amides is 1. The van der Waals surface area contributed by atoms with E-state index in [2.05, 4.69) is 15.2 Å². The second-order valence-corrected chi connectivity index (χ2v) is 4.28. The minimum atomic E-state index is -0.108. The topological polar surface area (TPSA) is 87.9 Å². The number of aromatic nitrogens is 3. The van der Waals surface area contributed by atoms with Gasteiger partial charge in [0.1, 0.15) is 5.56 Å². The van der Waals surface area contributed by atoms with Crippen LogP contribution in [0.4, 0.5) is 5.82 Å². The maximum absolute atomic E-state index is 12.5. The molecule has 0 atom stereocenters. The summed E-state index contributed by atoms with van der Waals surface area (Å²) in [6.45, 7) is 4.86. The molecule has 0 fully saturated rings. The SMILES string of the molecule is CCN(Cc1ccncc1)C(=O)c1c(N)n[nH]c1C. The average Bonchev–Trinajstić information content (AvgIpc) is 2.76. The first-order valence-electron chi connectivity index (χ1n) is 6.12. The summed E-state index contributed by atoms with van der Waals surface area (Å²) in [5, 5.41) is 6.58. The molecule has 0 radical (unpaired) electrons.